The largest absolute Gasteiger partial charge is 0.507 e. The third-order valence-electron chi connectivity index (χ3n) is 5.22. The van der Waals surface area contributed by atoms with Crippen LogP contribution in [0.5, 0.6) is 11.5 Å². The van der Waals surface area contributed by atoms with E-state index in [9.17, 15) is 5.11 Å². The van der Waals surface area contributed by atoms with Crippen molar-refractivity contribution < 1.29 is 9.84 Å². The monoisotopic (exact) mass is 361 g/mol. The van der Waals surface area contributed by atoms with E-state index in [0.29, 0.717) is 12.3 Å². The second-order valence-corrected chi connectivity index (χ2v) is 7.32. The number of aromatic hydroxyl groups is 1. The van der Waals surface area contributed by atoms with Crippen LogP contribution in [-0.2, 0) is 6.42 Å². The number of hydrogen-bond donors (Lipinski definition) is 4. The summed E-state index contributed by atoms with van der Waals surface area (Å²) in [5, 5.41) is 10.3. The van der Waals surface area contributed by atoms with Crippen LogP contribution in [0.1, 0.15) is 54.9 Å². The molecule has 1 atom stereocenters. The van der Waals surface area contributed by atoms with Crippen molar-refractivity contribution in [2.24, 2.45) is 27.2 Å². The number of unbranched alkanes of at least 4 members (excludes halogenated alkanes) is 1. The molecule has 1 aliphatic rings. The van der Waals surface area contributed by atoms with E-state index in [1.165, 1.54) is 0 Å². The smallest absolute Gasteiger partial charge is 0.218 e. The third kappa shape index (κ3) is 4.39. The molecule has 0 saturated heterocycles. The van der Waals surface area contributed by atoms with Crippen LogP contribution < -0.4 is 21.9 Å². The molecule has 1 aromatic rings. The molecular weight excluding hydrogens is 330 g/mol. The number of phenols is 1. The molecule has 0 saturated carbocycles. The van der Waals surface area contributed by atoms with Crippen LogP contribution in [0, 0.1) is 20.8 Å². The van der Waals surface area contributed by atoms with Crippen molar-refractivity contribution in [1.82, 2.24) is 0 Å². The van der Waals surface area contributed by atoms with E-state index >= 15 is 0 Å². The van der Waals surface area contributed by atoms with Gasteiger partial charge >= 0.3 is 0 Å². The first-order valence-electron chi connectivity index (χ1n) is 9.05. The number of hydrogen-bond acceptors (Lipinski definition) is 3. The number of fused-ring (bicyclic) bond motifs is 1. The fraction of sp³-hybridized carbons (Fsp3) is 0.579. The van der Waals surface area contributed by atoms with Gasteiger partial charge < -0.3 is 27.0 Å². The van der Waals surface area contributed by atoms with E-state index in [2.05, 4.69) is 16.9 Å². The average molecular weight is 361 g/mol. The summed E-state index contributed by atoms with van der Waals surface area (Å²) in [6.07, 6.45) is 4.64. The molecule has 7 N–H and O–H groups in total. The summed E-state index contributed by atoms with van der Waals surface area (Å²) < 4.78 is 6.42. The van der Waals surface area contributed by atoms with Gasteiger partial charge in [-0.15, -0.1) is 0 Å². The van der Waals surface area contributed by atoms with E-state index in [1.54, 1.807) is 0 Å². The SMILES string of the molecule is Cc1c(C)c2c(c(C)c1O)CCC(C)(CCCCN=C(N)N=C(N)N)O2. The Labute approximate surface area is 155 Å². The lowest BCUT2D eigenvalue weighted by Crippen LogP contribution is -2.37. The number of benzene rings is 1. The van der Waals surface area contributed by atoms with Crippen molar-refractivity contribution >= 4 is 11.9 Å². The van der Waals surface area contributed by atoms with Crippen LogP contribution in [0.2, 0.25) is 0 Å². The normalized spacial score (nSPS) is 19.6. The van der Waals surface area contributed by atoms with Gasteiger partial charge in [0.2, 0.25) is 5.96 Å². The molecule has 1 aromatic carbocycles. The van der Waals surface area contributed by atoms with Crippen molar-refractivity contribution in [3.63, 3.8) is 0 Å². The Morgan fingerprint density at radius 3 is 2.46 bits per heavy atom. The van der Waals surface area contributed by atoms with E-state index in [1.807, 2.05) is 20.8 Å². The lowest BCUT2D eigenvalue weighted by molar-refractivity contribution is 0.0525. The molecular formula is C19H31N5O2. The minimum atomic E-state index is -0.206. The highest BCUT2D eigenvalue weighted by Gasteiger charge is 2.34. The van der Waals surface area contributed by atoms with Gasteiger partial charge in [-0.3, -0.25) is 4.99 Å². The summed E-state index contributed by atoms with van der Waals surface area (Å²) in [7, 11) is 0. The summed E-state index contributed by atoms with van der Waals surface area (Å²) in [6.45, 7) is 8.66. The molecule has 0 bridgehead atoms. The van der Waals surface area contributed by atoms with Crippen LogP contribution in [0.3, 0.4) is 0 Å². The highest BCUT2D eigenvalue weighted by Crippen LogP contribution is 2.44. The molecule has 7 heteroatoms. The van der Waals surface area contributed by atoms with Gasteiger partial charge in [-0.25, -0.2) is 0 Å². The molecule has 0 aliphatic carbocycles. The summed E-state index contributed by atoms with van der Waals surface area (Å²) in [6, 6.07) is 0. The Morgan fingerprint density at radius 2 is 1.81 bits per heavy atom. The number of nitrogens with two attached hydrogens (primary N) is 3. The van der Waals surface area contributed by atoms with E-state index in [-0.39, 0.29) is 17.5 Å². The maximum Gasteiger partial charge on any atom is 0.218 e. The van der Waals surface area contributed by atoms with Crippen LogP contribution in [0.25, 0.3) is 0 Å². The van der Waals surface area contributed by atoms with E-state index < -0.39 is 0 Å². The van der Waals surface area contributed by atoms with E-state index in [0.717, 1.165) is 60.1 Å². The van der Waals surface area contributed by atoms with Crippen molar-refractivity contribution in [1.29, 1.82) is 0 Å². The Hall–Kier alpha value is -2.44. The van der Waals surface area contributed by atoms with Crippen molar-refractivity contribution in [3.8, 4) is 11.5 Å². The Balaban J connectivity index is 1.98. The zero-order chi connectivity index (χ0) is 19.5. The number of guanidine groups is 2. The minimum absolute atomic E-state index is 0.0833. The average Bonchev–Trinajstić information content (AvgIpc) is 2.57. The van der Waals surface area contributed by atoms with Gasteiger partial charge in [0.05, 0.1) is 0 Å². The van der Waals surface area contributed by atoms with Crippen molar-refractivity contribution in [3.05, 3.63) is 22.3 Å². The van der Waals surface area contributed by atoms with Gasteiger partial charge in [-0.1, -0.05) is 0 Å². The van der Waals surface area contributed by atoms with Crippen molar-refractivity contribution in [2.45, 2.75) is 65.4 Å². The number of ether oxygens (including phenoxy) is 1. The molecule has 2 rings (SSSR count). The Morgan fingerprint density at radius 1 is 1.12 bits per heavy atom. The summed E-state index contributed by atoms with van der Waals surface area (Å²) in [5.74, 6) is 1.37. The van der Waals surface area contributed by atoms with Gasteiger partial charge in [-0.2, -0.15) is 4.99 Å². The lowest BCUT2D eigenvalue weighted by atomic mass is 9.85. The minimum Gasteiger partial charge on any atom is -0.507 e. The highest BCUT2D eigenvalue weighted by molar-refractivity contribution is 5.92. The molecule has 0 radical (unpaired) electrons. The number of rotatable bonds is 5. The van der Waals surface area contributed by atoms with Gasteiger partial charge in [0.25, 0.3) is 0 Å². The first-order valence-corrected chi connectivity index (χ1v) is 9.05. The van der Waals surface area contributed by atoms with E-state index in [4.69, 9.17) is 21.9 Å². The number of phenolic OH excluding ortho intramolecular Hbond substituents is 1. The zero-order valence-corrected chi connectivity index (χ0v) is 16.2. The molecule has 0 spiro atoms. The predicted molar refractivity (Wildman–Crippen MR) is 106 cm³/mol. The molecule has 26 heavy (non-hydrogen) atoms. The molecule has 7 nitrogen and oxygen atoms in total. The van der Waals surface area contributed by atoms with Crippen LogP contribution in [0.15, 0.2) is 9.98 Å². The molecule has 0 aromatic heterocycles. The second-order valence-electron chi connectivity index (χ2n) is 7.32. The Bertz CT molecular complexity index is 738. The molecule has 0 amide bonds. The van der Waals surface area contributed by atoms with Crippen LogP contribution in [-0.4, -0.2) is 29.2 Å². The predicted octanol–water partition coefficient (Wildman–Crippen LogP) is 2.16. The van der Waals surface area contributed by atoms with Crippen molar-refractivity contribution in [2.75, 3.05) is 6.54 Å². The second kappa shape index (κ2) is 7.85. The van der Waals surface area contributed by atoms with Gasteiger partial charge in [0.15, 0.2) is 5.96 Å². The van der Waals surface area contributed by atoms with Gasteiger partial charge in [-0.05, 0) is 76.5 Å². The zero-order valence-electron chi connectivity index (χ0n) is 16.2. The maximum absolute atomic E-state index is 10.3. The fourth-order valence-electron chi connectivity index (χ4n) is 3.44. The lowest BCUT2D eigenvalue weighted by Gasteiger charge is -2.38. The number of aliphatic imine (C=N–C) groups is 2. The summed E-state index contributed by atoms with van der Waals surface area (Å²) in [4.78, 5) is 7.82. The molecule has 1 aliphatic heterocycles. The fourth-order valence-corrected chi connectivity index (χ4v) is 3.44. The third-order valence-corrected chi connectivity index (χ3v) is 5.22. The van der Waals surface area contributed by atoms with Crippen LogP contribution in [0.4, 0.5) is 0 Å². The quantitative estimate of drug-likeness (QED) is 0.362. The first-order chi connectivity index (χ1) is 12.1. The molecule has 1 heterocycles. The summed E-state index contributed by atoms with van der Waals surface area (Å²) in [5.41, 5.74) is 19.9. The maximum atomic E-state index is 10.3. The molecule has 144 valence electrons. The van der Waals surface area contributed by atoms with Crippen LogP contribution >= 0.6 is 0 Å². The summed E-state index contributed by atoms with van der Waals surface area (Å²) >= 11 is 0. The van der Waals surface area contributed by atoms with Gasteiger partial charge in [0, 0.05) is 12.1 Å². The molecule has 1 unspecified atom stereocenters. The topological polar surface area (TPSA) is 132 Å². The first kappa shape index (κ1) is 19.9. The van der Waals surface area contributed by atoms with Gasteiger partial charge in [0.1, 0.15) is 17.1 Å². The standard InChI is InChI=1S/C19H31N5O2/c1-11-12(2)16-14(13(3)15(11)25)7-9-19(4,26-16)8-5-6-10-23-18(22)24-17(20)21/h25H,5-10H2,1-4H3,(H6,20,21,22,23,24). The molecule has 0 fully saturated rings. The Kier molecular flexibility index (Phi) is 6.00. The number of nitrogens with zero attached hydrogens (tertiary/aromatic N) is 2. The highest BCUT2D eigenvalue weighted by atomic mass is 16.5.